The van der Waals surface area contributed by atoms with Gasteiger partial charge in [-0.1, -0.05) is 12.1 Å². The minimum atomic E-state index is -1.08. The van der Waals surface area contributed by atoms with Crippen LogP contribution in [0.25, 0.3) is 32.8 Å². The molecule has 52 heavy (non-hydrogen) atoms. The zero-order valence-electron chi connectivity index (χ0n) is 30.2. The van der Waals surface area contributed by atoms with Gasteiger partial charge in [0.2, 0.25) is 0 Å². The van der Waals surface area contributed by atoms with Crippen LogP contribution >= 0.6 is 0 Å². The Balaban J connectivity index is 1.20. The van der Waals surface area contributed by atoms with Crippen molar-refractivity contribution in [3.05, 3.63) is 82.8 Å². The van der Waals surface area contributed by atoms with E-state index in [0.717, 1.165) is 41.4 Å². The number of nitrogens with zero attached hydrogens (tertiary/aromatic N) is 5. The summed E-state index contributed by atoms with van der Waals surface area (Å²) in [7, 11) is 0. The standard InChI is InChI=1S/C40H45F2N5O5/c1-25-34(32-10-6-16-47(32)43-25)35-31(42)15-14-30-29(9-7-23-51-33-11-5-8-26-24-27(41)12-13-28(26)33)37(38(48)49)46(36(30)35)22-19-44-17-20-45(21-18-44)39(50)52-40(2,3)4/h5,8,11-15,24H,6-7,9-10,16-23H2,1-4H3,(H,48,49). The smallest absolute Gasteiger partial charge is 0.410 e. The van der Waals surface area contributed by atoms with Crippen molar-refractivity contribution < 1.29 is 33.0 Å². The van der Waals surface area contributed by atoms with E-state index in [4.69, 9.17) is 14.6 Å². The van der Waals surface area contributed by atoms with E-state index < -0.39 is 17.4 Å². The molecule has 2 aliphatic rings. The van der Waals surface area contributed by atoms with E-state index in [-0.39, 0.29) is 17.6 Å². The van der Waals surface area contributed by atoms with Crippen molar-refractivity contribution in [2.75, 3.05) is 39.3 Å². The summed E-state index contributed by atoms with van der Waals surface area (Å²) in [6.45, 7) is 11.5. The highest BCUT2D eigenvalue weighted by Gasteiger charge is 2.31. The molecule has 4 heterocycles. The molecule has 1 saturated heterocycles. The fraction of sp³-hybridized carbons (Fsp3) is 0.425. The molecule has 2 aromatic heterocycles. The molecule has 0 radical (unpaired) electrons. The molecule has 0 saturated carbocycles. The molecule has 0 aliphatic carbocycles. The summed E-state index contributed by atoms with van der Waals surface area (Å²) in [5.41, 5.74) is 3.55. The minimum absolute atomic E-state index is 0.136. The second-order valence-electron chi connectivity index (χ2n) is 14.7. The number of hydrogen-bond donors (Lipinski definition) is 1. The van der Waals surface area contributed by atoms with Crippen molar-refractivity contribution >= 4 is 33.7 Å². The van der Waals surface area contributed by atoms with Crippen molar-refractivity contribution in [1.82, 2.24) is 24.1 Å². The first-order valence-corrected chi connectivity index (χ1v) is 18.0. The molecule has 0 unspecified atom stereocenters. The van der Waals surface area contributed by atoms with Crippen LogP contribution in [0.3, 0.4) is 0 Å². The summed E-state index contributed by atoms with van der Waals surface area (Å²) in [5, 5.41) is 17.7. The number of aromatic carboxylic acids is 1. The first kappa shape index (κ1) is 35.4. The summed E-state index contributed by atoms with van der Waals surface area (Å²) < 4.78 is 45.5. The Bertz CT molecular complexity index is 2160. The molecular formula is C40H45F2N5O5. The zero-order chi connectivity index (χ0) is 36.7. The van der Waals surface area contributed by atoms with Gasteiger partial charge < -0.3 is 24.0 Å². The Hall–Kier alpha value is -4.97. The first-order chi connectivity index (χ1) is 24.9. The number of benzene rings is 3. The normalized spacial score (nSPS) is 15.1. The van der Waals surface area contributed by atoms with Gasteiger partial charge in [-0.05, 0) is 101 Å². The predicted molar refractivity (Wildman–Crippen MR) is 195 cm³/mol. The zero-order valence-corrected chi connectivity index (χ0v) is 30.2. The van der Waals surface area contributed by atoms with Gasteiger partial charge >= 0.3 is 12.1 Å². The van der Waals surface area contributed by atoms with Crippen LogP contribution in [0.2, 0.25) is 0 Å². The van der Waals surface area contributed by atoms with Crippen molar-refractivity contribution in [3.8, 4) is 16.9 Å². The quantitative estimate of drug-likeness (QED) is 0.150. The monoisotopic (exact) mass is 713 g/mol. The number of amides is 1. The number of rotatable bonds is 10. The van der Waals surface area contributed by atoms with Crippen LogP contribution in [0, 0.1) is 18.6 Å². The maximum atomic E-state index is 16.2. The van der Waals surface area contributed by atoms with Crippen molar-refractivity contribution in [2.24, 2.45) is 0 Å². The predicted octanol–water partition coefficient (Wildman–Crippen LogP) is 7.45. The van der Waals surface area contributed by atoms with Crippen LogP contribution in [0.5, 0.6) is 5.75 Å². The molecule has 0 atom stereocenters. The lowest BCUT2D eigenvalue weighted by Gasteiger charge is -2.35. The summed E-state index contributed by atoms with van der Waals surface area (Å²) in [6.07, 6.45) is 2.23. The van der Waals surface area contributed by atoms with Gasteiger partial charge in [-0.25, -0.2) is 18.4 Å². The van der Waals surface area contributed by atoms with E-state index in [1.165, 1.54) is 18.2 Å². The number of fused-ring (bicyclic) bond motifs is 3. The van der Waals surface area contributed by atoms with Gasteiger partial charge in [0.25, 0.3) is 0 Å². The molecule has 5 aromatic rings. The van der Waals surface area contributed by atoms with Crippen LogP contribution in [-0.2, 0) is 30.7 Å². The number of hydrogen-bond acceptors (Lipinski definition) is 6. The molecule has 0 spiro atoms. The maximum absolute atomic E-state index is 16.2. The Morgan fingerprint density at radius 3 is 2.46 bits per heavy atom. The van der Waals surface area contributed by atoms with Crippen LogP contribution in [0.1, 0.15) is 61.1 Å². The number of aryl methyl sites for hydroxylation is 3. The first-order valence-electron chi connectivity index (χ1n) is 18.0. The Morgan fingerprint density at radius 1 is 0.942 bits per heavy atom. The van der Waals surface area contributed by atoms with E-state index in [2.05, 4.69) is 4.90 Å². The fourth-order valence-electron chi connectivity index (χ4n) is 7.75. The summed E-state index contributed by atoms with van der Waals surface area (Å²) >= 11 is 0. The molecule has 274 valence electrons. The van der Waals surface area contributed by atoms with Gasteiger partial charge in [0.05, 0.1) is 17.8 Å². The van der Waals surface area contributed by atoms with E-state index in [9.17, 15) is 19.1 Å². The molecule has 2 aliphatic heterocycles. The summed E-state index contributed by atoms with van der Waals surface area (Å²) in [6, 6.07) is 13.2. The molecular weight excluding hydrogens is 668 g/mol. The number of carboxylic acids is 1. The molecule has 12 heteroatoms. The lowest BCUT2D eigenvalue weighted by atomic mass is 9.97. The average Bonchev–Trinajstić information content (AvgIpc) is 3.76. The number of piperazine rings is 1. The average molecular weight is 714 g/mol. The summed E-state index contributed by atoms with van der Waals surface area (Å²) in [4.78, 5) is 29.8. The number of aromatic nitrogens is 3. The van der Waals surface area contributed by atoms with E-state index >= 15 is 4.39 Å². The van der Waals surface area contributed by atoms with Gasteiger partial charge in [-0.3, -0.25) is 9.58 Å². The third-order valence-corrected chi connectivity index (χ3v) is 10.0. The lowest BCUT2D eigenvalue weighted by molar-refractivity contribution is 0.0142. The second-order valence-corrected chi connectivity index (χ2v) is 14.7. The van der Waals surface area contributed by atoms with Crippen molar-refractivity contribution in [1.29, 1.82) is 0 Å². The maximum Gasteiger partial charge on any atom is 0.410 e. The van der Waals surface area contributed by atoms with Crippen molar-refractivity contribution in [3.63, 3.8) is 0 Å². The number of carbonyl (C=O) groups excluding carboxylic acids is 1. The third kappa shape index (κ3) is 6.96. The number of ether oxygens (including phenoxy) is 2. The fourth-order valence-corrected chi connectivity index (χ4v) is 7.75. The molecule has 10 nitrogen and oxygen atoms in total. The van der Waals surface area contributed by atoms with Crippen LogP contribution in [0.4, 0.5) is 13.6 Å². The largest absolute Gasteiger partial charge is 0.493 e. The molecule has 3 aromatic carbocycles. The van der Waals surface area contributed by atoms with Gasteiger partial charge in [-0.2, -0.15) is 5.10 Å². The SMILES string of the molecule is Cc1nn2c(c1-c1c(F)ccc3c(CCCOc4cccc5cc(F)ccc45)c(C(=O)O)n(CCN4CCN(C(=O)OC(C)(C)C)CC4)c13)CCC2. The summed E-state index contributed by atoms with van der Waals surface area (Å²) in [5.74, 6) is -1.19. The molecule has 1 amide bonds. The highest BCUT2D eigenvalue weighted by Crippen LogP contribution is 2.41. The lowest BCUT2D eigenvalue weighted by Crippen LogP contribution is -2.50. The van der Waals surface area contributed by atoms with E-state index in [1.54, 1.807) is 21.6 Å². The van der Waals surface area contributed by atoms with Crippen LogP contribution in [0.15, 0.2) is 48.5 Å². The number of carboxylic acid groups (broad SMARTS) is 1. The topological polar surface area (TPSA) is 102 Å². The highest BCUT2D eigenvalue weighted by molar-refractivity contribution is 6.04. The Morgan fingerprint density at radius 2 is 1.71 bits per heavy atom. The van der Waals surface area contributed by atoms with Gasteiger partial charge in [0.1, 0.15) is 28.7 Å². The minimum Gasteiger partial charge on any atom is -0.493 e. The molecule has 0 bridgehead atoms. The van der Waals surface area contributed by atoms with Crippen LogP contribution in [-0.4, -0.2) is 86.2 Å². The highest BCUT2D eigenvalue weighted by atomic mass is 19.1. The second kappa shape index (κ2) is 14.2. The molecule has 1 fully saturated rings. The Kier molecular flexibility index (Phi) is 9.69. The van der Waals surface area contributed by atoms with Gasteiger partial charge in [0.15, 0.2) is 0 Å². The molecule has 1 N–H and O–H groups in total. The van der Waals surface area contributed by atoms with Gasteiger partial charge in [-0.15, -0.1) is 0 Å². The van der Waals surface area contributed by atoms with E-state index in [1.807, 2.05) is 50.6 Å². The van der Waals surface area contributed by atoms with Crippen molar-refractivity contribution in [2.45, 2.75) is 72.1 Å². The Labute approximate surface area is 301 Å². The van der Waals surface area contributed by atoms with E-state index in [0.29, 0.717) is 92.2 Å². The third-order valence-electron chi connectivity index (χ3n) is 10.0. The molecule has 7 rings (SSSR count). The van der Waals surface area contributed by atoms with Crippen LogP contribution < -0.4 is 4.74 Å². The number of carbonyl (C=O) groups is 2. The van der Waals surface area contributed by atoms with Gasteiger partial charge in [0, 0.05) is 73.4 Å². The number of halogens is 2.